The van der Waals surface area contributed by atoms with Crippen molar-refractivity contribution in [3.8, 4) is 6.07 Å². The molecule has 2 aliphatic carbocycles. The quantitative estimate of drug-likeness (QED) is 0.659. The number of ether oxygens (including phenoxy) is 1. The van der Waals surface area contributed by atoms with Gasteiger partial charge >= 0.3 is 0 Å². The molecule has 1 amide bonds. The predicted molar refractivity (Wildman–Crippen MR) is 58.4 cm³/mol. The fourth-order valence-electron chi connectivity index (χ4n) is 1.59. The highest BCUT2D eigenvalue weighted by Crippen LogP contribution is 2.44. The molecular formula is C12H18N2O2. The smallest absolute Gasteiger partial charge is 0.240 e. The highest BCUT2D eigenvalue weighted by molar-refractivity contribution is 5.88. The number of rotatable bonds is 7. The number of nitriles is 1. The first-order valence-electron chi connectivity index (χ1n) is 6.04. The van der Waals surface area contributed by atoms with E-state index in [1.54, 1.807) is 0 Å². The van der Waals surface area contributed by atoms with E-state index in [0.717, 1.165) is 18.9 Å². The number of nitrogens with one attached hydrogen (secondary N) is 1. The van der Waals surface area contributed by atoms with Crippen molar-refractivity contribution in [2.24, 2.45) is 11.3 Å². The molecule has 0 aromatic carbocycles. The van der Waals surface area contributed by atoms with Gasteiger partial charge in [0.25, 0.3) is 0 Å². The summed E-state index contributed by atoms with van der Waals surface area (Å²) in [5.74, 6) is 0.695. The summed E-state index contributed by atoms with van der Waals surface area (Å²) in [4.78, 5) is 11.5. The van der Waals surface area contributed by atoms with Gasteiger partial charge in [-0.2, -0.15) is 5.26 Å². The summed E-state index contributed by atoms with van der Waals surface area (Å²) >= 11 is 0. The Bertz CT molecular complexity index is 301. The normalized spacial score (nSPS) is 21.2. The number of hydrogen-bond donors (Lipinski definition) is 1. The van der Waals surface area contributed by atoms with Gasteiger partial charge in [-0.1, -0.05) is 0 Å². The average molecular weight is 222 g/mol. The molecule has 0 heterocycles. The van der Waals surface area contributed by atoms with Crippen LogP contribution in [0.4, 0.5) is 0 Å². The third kappa shape index (κ3) is 2.96. The van der Waals surface area contributed by atoms with Gasteiger partial charge in [-0.05, 0) is 38.0 Å². The molecule has 0 radical (unpaired) electrons. The van der Waals surface area contributed by atoms with E-state index < -0.39 is 5.41 Å². The van der Waals surface area contributed by atoms with E-state index in [-0.39, 0.29) is 5.91 Å². The van der Waals surface area contributed by atoms with Gasteiger partial charge in [-0.25, -0.2) is 0 Å². The number of carbonyl (C=O) groups excluding carboxylic acids is 1. The molecule has 0 atom stereocenters. The lowest BCUT2D eigenvalue weighted by Gasteiger charge is -2.08. The van der Waals surface area contributed by atoms with Crippen molar-refractivity contribution < 1.29 is 9.53 Å². The molecule has 4 nitrogen and oxygen atoms in total. The van der Waals surface area contributed by atoms with E-state index in [2.05, 4.69) is 11.4 Å². The van der Waals surface area contributed by atoms with Crippen molar-refractivity contribution in [1.29, 1.82) is 5.26 Å². The Labute approximate surface area is 96.0 Å². The van der Waals surface area contributed by atoms with Gasteiger partial charge < -0.3 is 10.1 Å². The molecule has 0 aliphatic heterocycles. The molecule has 2 aliphatic rings. The molecule has 0 bridgehead atoms. The second kappa shape index (κ2) is 4.84. The molecule has 0 saturated heterocycles. The van der Waals surface area contributed by atoms with Gasteiger partial charge in [0.1, 0.15) is 5.41 Å². The molecule has 88 valence electrons. The molecule has 1 N–H and O–H groups in total. The van der Waals surface area contributed by atoms with Gasteiger partial charge in [-0.15, -0.1) is 0 Å². The maximum Gasteiger partial charge on any atom is 0.240 e. The van der Waals surface area contributed by atoms with E-state index in [1.807, 2.05) is 0 Å². The molecule has 0 aromatic rings. The van der Waals surface area contributed by atoms with E-state index in [0.29, 0.717) is 26.0 Å². The zero-order chi connectivity index (χ0) is 11.4. The average Bonchev–Trinajstić information content (AvgIpc) is 3.17. The van der Waals surface area contributed by atoms with Crippen molar-refractivity contribution in [3.05, 3.63) is 0 Å². The van der Waals surface area contributed by atoms with E-state index in [1.165, 1.54) is 12.8 Å². The summed E-state index contributed by atoms with van der Waals surface area (Å²) in [7, 11) is 0. The van der Waals surface area contributed by atoms with Crippen LogP contribution in [0, 0.1) is 22.7 Å². The highest BCUT2D eigenvalue weighted by atomic mass is 16.5. The monoisotopic (exact) mass is 222 g/mol. The van der Waals surface area contributed by atoms with Gasteiger partial charge in [0.15, 0.2) is 0 Å². The Morgan fingerprint density at radius 1 is 1.50 bits per heavy atom. The Morgan fingerprint density at radius 3 is 2.81 bits per heavy atom. The van der Waals surface area contributed by atoms with E-state index >= 15 is 0 Å². The van der Waals surface area contributed by atoms with Crippen molar-refractivity contribution in [1.82, 2.24) is 5.32 Å². The van der Waals surface area contributed by atoms with Crippen LogP contribution in [0.2, 0.25) is 0 Å². The van der Waals surface area contributed by atoms with Gasteiger partial charge in [-0.3, -0.25) is 4.79 Å². The van der Waals surface area contributed by atoms with Crippen LogP contribution in [0.3, 0.4) is 0 Å². The molecule has 2 saturated carbocycles. The Balaban J connectivity index is 1.48. The molecule has 2 fully saturated rings. The van der Waals surface area contributed by atoms with Crippen LogP contribution in [0.5, 0.6) is 0 Å². The molecule has 0 unspecified atom stereocenters. The predicted octanol–water partition coefficient (Wildman–Crippen LogP) is 1.22. The fraction of sp³-hybridized carbons (Fsp3) is 0.833. The standard InChI is InChI=1S/C12H18N2O2/c13-9-12(4-5-12)11(15)14-6-1-7-16-8-10-2-3-10/h10H,1-8H2,(H,14,15). The summed E-state index contributed by atoms with van der Waals surface area (Å²) in [6, 6.07) is 2.08. The highest BCUT2D eigenvalue weighted by Gasteiger charge is 2.50. The molecule has 0 spiro atoms. The Kier molecular flexibility index (Phi) is 3.45. The van der Waals surface area contributed by atoms with Crippen LogP contribution < -0.4 is 5.32 Å². The second-order valence-corrected chi connectivity index (χ2v) is 4.82. The molecule has 16 heavy (non-hydrogen) atoms. The first-order valence-corrected chi connectivity index (χ1v) is 6.04. The fourth-order valence-corrected chi connectivity index (χ4v) is 1.59. The van der Waals surface area contributed by atoms with Gasteiger partial charge in [0, 0.05) is 19.8 Å². The molecule has 4 heteroatoms. The Morgan fingerprint density at radius 2 is 2.25 bits per heavy atom. The maximum atomic E-state index is 11.5. The van der Waals surface area contributed by atoms with Gasteiger partial charge in [0.2, 0.25) is 5.91 Å². The van der Waals surface area contributed by atoms with E-state index in [4.69, 9.17) is 10.00 Å². The summed E-state index contributed by atoms with van der Waals surface area (Å²) < 4.78 is 5.45. The summed E-state index contributed by atoms with van der Waals surface area (Å²) in [6.45, 7) is 2.19. The summed E-state index contributed by atoms with van der Waals surface area (Å²) in [5.41, 5.74) is -0.686. The van der Waals surface area contributed by atoms with Crippen molar-refractivity contribution in [3.63, 3.8) is 0 Å². The van der Waals surface area contributed by atoms with Gasteiger partial charge in [0.05, 0.1) is 6.07 Å². The zero-order valence-corrected chi connectivity index (χ0v) is 9.50. The minimum Gasteiger partial charge on any atom is -0.381 e. The number of carbonyl (C=O) groups is 1. The number of amides is 1. The third-order valence-electron chi connectivity index (χ3n) is 3.20. The van der Waals surface area contributed by atoms with Crippen molar-refractivity contribution in [2.45, 2.75) is 32.1 Å². The zero-order valence-electron chi connectivity index (χ0n) is 9.50. The molecular weight excluding hydrogens is 204 g/mol. The lowest BCUT2D eigenvalue weighted by Crippen LogP contribution is -2.32. The lowest BCUT2D eigenvalue weighted by atomic mass is 10.1. The van der Waals surface area contributed by atoms with Crippen molar-refractivity contribution >= 4 is 5.91 Å². The van der Waals surface area contributed by atoms with Crippen LogP contribution in [-0.4, -0.2) is 25.7 Å². The third-order valence-corrected chi connectivity index (χ3v) is 3.20. The topological polar surface area (TPSA) is 62.1 Å². The maximum absolute atomic E-state index is 11.5. The SMILES string of the molecule is N#CC1(C(=O)NCCCOCC2CC2)CC1. The minimum absolute atomic E-state index is 0.0998. The van der Waals surface area contributed by atoms with Crippen LogP contribution in [-0.2, 0) is 9.53 Å². The molecule has 0 aromatic heterocycles. The number of hydrogen-bond acceptors (Lipinski definition) is 3. The largest absolute Gasteiger partial charge is 0.381 e. The van der Waals surface area contributed by atoms with Crippen molar-refractivity contribution in [2.75, 3.05) is 19.8 Å². The summed E-state index contributed by atoms with van der Waals surface area (Å²) in [6.07, 6.45) is 4.88. The lowest BCUT2D eigenvalue weighted by molar-refractivity contribution is -0.124. The van der Waals surface area contributed by atoms with E-state index in [9.17, 15) is 4.79 Å². The second-order valence-electron chi connectivity index (χ2n) is 4.82. The van der Waals surface area contributed by atoms with Crippen LogP contribution >= 0.6 is 0 Å². The van der Waals surface area contributed by atoms with Crippen LogP contribution in [0.1, 0.15) is 32.1 Å². The first-order chi connectivity index (χ1) is 7.77. The first kappa shape index (κ1) is 11.4. The molecule has 2 rings (SSSR count). The van der Waals surface area contributed by atoms with Crippen LogP contribution in [0.15, 0.2) is 0 Å². The number of nitrogens with zero attached hydrogens (tertiary/aromatic N) is 1. The summed E-state index contributed by atoms with van der Waals surface area (Å²) in [5, 5.41) is 11.6. The minimum atomic E-state index is -0.686. The Hall–Kier alpha value is -1.08. The van der Waals surface area contributed by atoms with Crippen LogP contribution in [0.25, 0.3) is 0 Å².